The fourth-order valence-electron chi connectivity index (χ4n) is 12.3. The average Bonchev–Trinajstić information content (AvgIpc) is 4.16. The fraction of sp³-hybridized carbons (Fsp3) is 0.592. The third kappa shape index (κ3) is 7.05. The molecule has 0 unspecified atom stereocenters. The minimum absolute atomic E-state index is 0.0217. The van der Waals surface area contributed by atoms with Gasteiger partial charge in [0, 0.05) is 13.1 Å². The van der Waals surface area contributed by atoms with Crippen molar-refractivity contribution in [2.75, 3.05) is 61.1 Å². The van der Waals surface area contributed by atoms with Gasteiger partial charge >= 0.3 is 29.7 Å². The summed E-state index contributed by atoms with van der Waals surface area (Å²) >= 11 is 0. The molecule has 3 saturated heterocycles. The number of methoxy groups -OCH3 is 3. The predicted molar refractivity (Wildman–Crippen MR) is 229 cm³/mol. The lowest BCUT2D eigenvalue weighted by molar-refractivity contribution is -0.240. The smallest absolute Gasteiger partial charge is 0.386 e. The number of ether oxygens (including phenoxy) is 10. The summed E-state index contributed by atoms with van der Waals surface area (Å²) in [6.07, 6.45) is 8.96. The van der Waals surface area contributed by atoms with Crippen LogP contribution in [0.1, 0.15) is 99.3 Å². The van der Waals surface area contributed by atoms with Crippen molar-refractivity contribution in [1.29, 1.82) is 0 Å². The van der Waals surface area contributed by atoms with Crippen LogP contribution in [0.25, 0.3) is 0 Å². The summed E-state index contributed by atoms with van der Waals surface area (Å²) in [5.41, 5.74) is 2.69. The highest BCUT2D eigenvalue weighted by atomic mass is 19.2. The third-order valence-electron chi connectivity index (χ3n) is 15.4. The molecule has 0 bridgehead atoms. The molecule has 2 aliphatic carbocycles. The van der Waals surface area contributed by atoms with E-state index in [1.54, 1.807) is 14.0 Å². The molecule has 2 aromatic rings. The first-order valence-corrected chi connectivity index (χ1v) is 23.1. The van der Waals surface area contributed by atoms with Gasteiger partial charge in [-0.3, -0.25) is 24.2 Å². The summed E-state index contributed by atoms with van der Waals surface area (Å²) in [7, 11) is 4.49. The lowest BCUT2D eigenvalue weighted by atomic mass is 9.77. The number of hydrogen-bond acceptors (Lipinski definition) is 16. The highest BCUT2D eigenvalue weighted by Gasteiger charge is 2.62. The molecule has 9 aliphatic rings. The van der Waals surface area contributed by atoms with Crippen molar-refractivity contribution >= 4 is 23.9 Å². The van der Waals surface area contributed by atoms with E-state index in [9.17, 15) is 23.6 Å². The lowest BCUT2D eigenvalue weighted by Gasteiger charge is -2.40. The number of carbonyl (C=O) groups is 4. The second kappa shape index (κ2) is 16.6. The summed E-state index contributed by atoms with van der Waals surface area (Å²) in [5, 5.41) is 0. The van der Waals surface area contributed by atoms with Gasteiger partial charge in [0.2, 0.25) is 13.6 Å². The van der Waals surface area contributed by atoms with Crippen molar-refractivity contribution < 1.29 is 70.9 Å². The molecule has 3 fully saturated rings. The third-order valence-corrected chi connectivity index (χ3v) is 15.4. The summed E-state index contributed by atoms with van der Waals surface area (Å²) in [6.45, 7) is 7.80. The monoisotopic (exact) mass is 916 g/mol. The van der Waals surface area contributed by atoms with Gasteiger partial charge in [-0.25, -0.2) is 4.79 Å². The topological polar surface area (TPSA) is 167 Å². The molecule has 11 rings (SSSR count). The molecule has 0 saturated carbocycles. The van der Waals surface area contributed by atoms with Crippen LogP contribution >= 0.6 is 0 Å². The maximum atomic E-state index is 14.7. The van der Waals surface area contributed by atoms with Crippen molar-refractivity contribution in [3.05, 3.63) is 70.2 Å². The van der Waals surface area contributed by atoms with E-state index >= 15 is 0 Å². The number of nitrogens with zero attached hydrogens (tertiary/aromatic N) is 2. The van der Waals surface area contributed by atoms with Gasteiger partial charge in [0.1, 0.15) is 17.9 Å². The van der Waals surface area contributed by atoms with Crippen LogP contribution in [0.4, 0.5) is 4.39 Å². The number of carbonyl (C=O) groups excluding carboxylic acids is 4. The molecule has 0 N–H and O–H groups in total. The Kier molecular flexibility index (Phi) is 11.2. The Morgan fingerprint density at radius 2 is 1.24 bits per heavy atom. The first kappa shape index (κ1) is 44.3. The predicted octanol–water partition coefficient (Wildman–Crippen LogP) is 5.67. The van der Waals surface area contributed by atoms with Gasteiger partial charge in [0.05, 0.1) is 56.1 Å². The van der Waals surface area contributed by atoms with E-state index in [0.717, 1.165) is 99.3 Å². The maximum absolute atomic E-state index is 14.7. The largest absolute Gasteiger partial charge is 0.497 e. The number of hydrogen-bond donors (Lipinski definition) is 0. The van der Waals surface area contributed by atoms with Crippen LogP contribution in [-0.4, -0.2) is 124 Å². The van der Waals surface area contributed by atoms with Gasteiger partial charge in [-0.1, -0.05) is 13.3 Å². The lowest BCUT2D eigenvalue weighted by Crippen LogP contribution is -2.53. The van der Waals surface area contributed by atoms with Crippen molar-refractivity contribution in [2.24, 2.45) is 5.41 Å². The number of cyclic esters (lactones) is 1. The van der Waals surface area contributed by atoms with E-state index in [4.69, 9.17) is 42.6 Å². The molecular formula is C49H57FN2O14. The molecule has 7 aliphatic heterocycles. The van der Waals surface area contributed by atoms with E-state index in [-0.39, 0.29) is 37.4 Å². The Labute approximate surface area is 382 Å². The van der Waals surface area contributed by atoms with E-state index in [1.807, 2.05) is 25.1 Å². The highest BCUT2D eigenvalue weighted by Crippen LogP contribution is 2.58. The van der Waals surface area contributed by atoms with Gasteiger partial charge in [-0.05, 0) is 124 Å². The first-order valence-electron chi connectivity index (χ1n) is 23.1. The maximum Gasteiger partial charge on any atom is 0.386 e. The van der Waals surface area contributed by atoms with E-state index in [1.165, 1.54) is 19.8 Å². The average molecular weight is 917 g/mol. The van der Waals surface area contributed by atoms with Gasteiger partial charge in [-0.2, -0.15) is 4.39 Å². The molecule has 2 spiro atoms. The minimum atomic E-state index is -2.73. The normalized spacial score (nSPS) is 31.5. The zero-order chi connectivity index (χ0) is 46.2. The SMILES string of the molecule is CCC[C@@](C)(CC(=O)OC)C(=O)O[C@@H]1C(OC)=C[C@]23CCCN2CCc2cc4c(cc2[C@H]13)OCO4.COC1=C[C@]23CCCN2CCc2cc4c(cc2[C@@H]3[C@@H]1OC(=O)[C@@]1(F)CC(=O)O1)OCO4. The highest BCUT2D eigenvalue weighted by molar-refractivity contribution is 5.92. The molecule has 17 heteroatoms. The molecule has 7 heterocycles. The van der Waals surface area contributed by atoms with Crippen LogP contribution in [0, 0.1) is 5.41 Å². The molecule has 354 valence electrons. The van der Waals surface area contributed by atoms with Crippen LogP contribution in [0.3, 0.4) is 0 Å². The molecule has 66 heavy (non-hydrogen) atoms. The van der Waals surface area contributed by atoms with Gasteiger partial charge in [-0.15, -0.1) is 0 Å². The second-order valence-corrected chi connectivity index (χ2v) is 19.0. The summed E-state index contributed by atoms with van der Waals surface area (Å²) in [5.74, 6) is -1.98. The number of benzene rings is 2. The Morgan fingerprint density at radius 3 is 1.70 bits per heavy atom. The Bertz CT molecular complexity index is 2400. The molecule has 2 aromatic carbocycles. The number of esters is 4. The molecular weight excluding hydrogens is 860 g/mol. The minimum Gasteiger partial charge on any atom is -0.497 e. The molecule has 16 nitrogen and oxygen atoms in total. The Hall–Kier alpha value is -5.55. The summed E-state index contributed by atoms with van der Waals surface area (Å²) < 4.78 is 70.1. The molecule has 8 atom stereocenters. The Morgan fingerprint density at radius 1 is 0.758 bits per heavy atom. The van der Waals surface area contributed by atoms with Crippen LogP contribution in [0.2, 0.25) is 0 Å². The number of rotatable bonds is 10. The second-order valence-electron chi connectivity index (χ2n) is 19.0. The summed E-state index contributed by atoms with van der Waals surface area (Å²) in [4.78, 5) is 54.5. The van der Waals surface area contributed by atoms with Crippen LogP contribution in [0.15, 0.2) is 47.9 Å². The van der Waals surface area contributed by atoms with E-state index < -0.39 is 59.3 Å². The number of fused-ring (bicyclic) bond motifs is 6. The van der Waals surface area contributed by atoms with E-state index in [2.05, 4.69) is 32.7 Å². The standard InChI is InChI=1S/C27H35NO7.C22H22FNO7/c1-5-8-26(2,15-22(29)32-4)25(30)35-24-21(31-3)14-27-9-6-10-28(27)11-7-17-12-19-20(34-16-33-19)13-18(17)23(24)27;1-27-16-9-21-4-2-5-24(21)6-3-12-7-14-15(29-11-28-14)8-13(12)18(21)19(16)30-20(26)22(23)10-17(25)31-22/h12-14,23-24H,5-11,15-16H2,1-4H3;7-9,18-19H,2-6,10-11H2,1H3/t23-,24-,26+,27+;18-,19-,21+,22-/m11/s1. The van der Waals surface area contributed by atoms with Crippen LogP contribution in [-0.2, 0) is 60.4 Å². The fourth-order valence-corrected chi connectivity index (χ4v) is 12.3. The summed E-state index contributed by atoms with van der Waals surface area (Å²) in [6, 6.07) is 8.09. The van der Waals surface area contributed by atoms with Crippen molar-refractivity contribution in [1.82, 2.24) is 9.80 Å². The van der Waals surface area contributed by atoms with Crippen molar-refractivity contribution in [3.8, 4) is 23.0 Å². The van der Waals surface area contributed by atoms with Crippen LogP contribution < -0.4 is 18.9 Å². The first-order chi connectivity index (χ1) is 31.8. The molecule has 0 aromatic heterocycles. The molecule has 0 amide bonds. The zero-order valence-electron chi connectivity index (χ0n) is 38.1. The van der Waals surface area contributed by atoms with Crippen molar-refractivity contribution in [3.63, 3.8) is 0 Å². The van der Waals surface area contributed by atoms with Crippen molar-refractivity contribution in [2.45, 2.75) is 119 Å². The van der Waals surface area contributed by atoms with Gasteiger partial charge < -0.3 is 47.4 Å². The van der Waals surface area contributed by atoms with Crippen LogP contribution in [0.5, 0.6) is 23.0 Å². The van der Waals surface area contributed by atoms with Gasteiger partial charge in [0.25, 0.3) is 0 Å². The Balaban J connectivity index is 0.000000156. The number of halogens is 1. The zero-order valence-corrected chi connectivity index (χ0v) is 38.1. The quantitative estimate of drug-likeness (QED) is 0.211. The number of alkyl halides is 1. The van der Waals surface area contributed by atoms with Gasteiger partial charge in [0.15, 0.2) is 35.2 Å². The van der Waals surface area contributed by atoms with E-state index in [0.29, 0.717) is 29.4 Å². The molecule has 0 radical (unpaired) electrons.